The molecule has 0 spiro atoms. The molecule has 0 unspecified atom stereocenters. The highest BCUT2D eigenvalue weighted by Crippen LogP contribution is 2.26. The van der Waals surface area contributed by atoms with E-state index in [1.807, 2.05) is 20.0 Å². The van der Waals surface area contributed by atoms with Crippen LogP contribution in [0.15, 0.2) is 24.3 Å². The van der Waals surface area contributed by atoms with Gasteiger partial charge in [0.15, 0.2) is 0 Å². The van der Waals surface area contributed by atoms with Crippen molar-refractivity contribution in [2.45, 2.75) is 26.6 Å². The third-order valence-electron chi connectivity index (χ3n) is 2.90. The molecule has 0 radical (unpaired) electrons. The quantitative estimate of drug-likeness (QED) is 0.923. The summed E-state index contributed by atoms with van der Waals surface area (Å²) in [5.74, 6) is 0.0925. The van der Waals surface area contributed by atoms with Gasteiger partial charge in [-0.3, -0.25) is 4.68 Å². The third-order valence-corrected chi connectivity index (χ3v) is 2.90. The van der Waals surface area contributed by atoms with E-state index >= 15 is 0 Å². The largest absolute Gasteiger partial charge is 0.487 e. The van der Waals surface area contributed by atoms with Crippen LogP contribution in [0.1, 0.15) is 30.0 Å². The molecule has 102 valence electrons. The fourth-order valence-corrected chi connectivity index (χ4v) is 1.93. The molecule has 1 atom stereocenters. The molecule has 0 bridgehead atoms. The van der Waals surface area contributed by atoms with Gasteiger partial charge in [0, 0.05) is 12.6 Å². The van der Waals surface area contributed by atoms with Crippen molar-refractivity contribution in [3.05, 3.63) is 47.0 Å². The van der Waals surface area contributed by atoms with Gasteiger partial charge in [0.2, 0.25) is 0 Å². The van der Waals surface area contributed by atoms with Crippen LogP contribution in [0.25, 0.3) is 0 Å². The normalized spacial score (nSPS) is 12.5. The number of hydrogen-bond donors (Lipinski definition) is 1. The predicted octanol–water partition coefficient (Wildman–Crippen LogP) is 2.50. The van der Waals surface area contributed by atoms with E-state index in [9.17, 15) is 9.50 Å². The van der Waals surface area contributed by atoms with E-state index in [0.717, 1.165) is 11.4 Å². The molecule has 1 aromatic carbocycles. The second-order valence-corrected chi connectivity index (χ2v) is 4.55. The molecule has 1 N–H and O–H groups in total. The SMILES string of the molecule is Cc1cc(COc2ccc(F)cc2[C@H](C)O)n(C)n1. The van der Waals surface area contributed by atoms with Crippen LogP contribution in [0.2, 0.25) is 0 Å². The highest BCUT2D eigenvalue weighted by molar-refractivity contribution is 5.35. The molecule has 0 saturated heterocycles. The lowest BCUT2D eigenvalue weighted by Gasteiger charge is -2.13. The van der Waals surface area contributed by atoms with Crippen LogP contribution in [-0.2, 0) is 13.7 Å². The summed E-state index contributed by atoms with van der Waals surface area (Å²) in [5.41, 5.74) is 2.27. The number of benzene rings is 1. The summed E-state index contributed by atoms with van der Waals surface area (Å²) in [4.78, 5) is 0. The number of rotatable bonds is 4. The highest BCUT2D eigenvalue weighted by Gasteiger charge is 2.11. The van der Waals surface area contributed by atoms with Gasteiger partial charge < -0.3 is 9.84 Å². The van der Waals surface area contributed by atoms with Gasteiger partial charge in [-0.25, -0.2) is 4.39 Å². The molecule has 2 rings (SSSR count). The van der Waals surface area contributed by atoms with E-state index in [4.69, 9.17) is 4.74 Å². The average molecular weight is 264 g/mol. The Balaban J connectivity index is 2.17. The summed E-state index contributed by atoms with van der Waals surface area (Å²) in [7, 11) is 1.84. The van der Waals surface area contributed by atoms with Gasteiger partial charge in [0.25, 0.3) is 0 Å². The van der Waals surface area contributed by atoms with Crippen molar-refractivity contribution in [1.82, 2.24) is 9.78 Å². The number of hydrogen-bond acceptors (Lipinski definition) is 3. The average Bonchev–Trinajstić information content (AvgIpc) is 2.66. The first-order chi connectivity index (χ1) is 8.97. The molecule has 0 saturated carbocycles. The van der Waals surface area contributed by atoms with Crippen molar-refractivity contribution in [1.29, 1.82) is 0 Å². The smallest absolute Gasteiger partial charge is 0.130 e. The number of aliphatic hydroxyl groups excluding tert-OH is 1. The fraction of sp³-hybridized carbons (Fsp3) is 0.357. The summed E-state index contributed by atoms with van der Waals surface area (Å²) < 4.78 is 20.5. The molecule has 0 amide bonds. The van der Waals surface area contributed by atoms with Gasteiger partial charge in [-0.1, -0.05) is 0 Å². The van der Waals surface area contributed by atoms with Crippen LogP contribution in [0.3, 0.4) is 0 Å². The third kappa shape index (κ3) is 3.12. The number of halogens is 1. The van der Waals surface area contributed by atoms with Crippen molar-refractivity contribution < 1.29 is 14.2 Å². The molecule has 0 aliphatic rings. The van der Waals surface area contributed by atoms with Gasteiger partial charge in [0.1, 0.15) is 18.2 Å². The van der Waals surface area contributed by atoms with Crippen LogP contribution < -0.4 is 4.74 Å². The Bertz CT molecular complexity index is 579. The lowest BCUT2D eigenvalue weighted by molar-refractivity contribution is 0.189. The molecule has 0 aliphatic carbocycles. The predicted molar refractivity (Wildman–Crippen MR) is 69.3 cm³/mol. The summed E-state index contributed by atoms with van der Waals surface area (Å²) in [6.07, 6.45) is -0.779. The Morgan fingerprint density at radius 1 is 1.42 bits per heavy atom. The Morgan fingerprint density at radius 3 is 2.74 bits per heavy atom. The van der Waals surface area contributed by atoms with Gasteiger partial charge in [-0.15, -0.1) is 0 Å². The van der Waals surface area contributed by atoms with Gasteiger partial charge in [0.05, 0.1) is 17.5 Å². The lowest BCUT2D eigenvalue weighted by Crippen LogP contribution is -2.05. The maximum atomic E-state index is 13.2. The maximum absolute atomic E-state index is 13.2. The Kier molecular flexibility index (Phi) is 3.85. The van der Waals surface area contributed by atoms with Crippen molar-refractivity contribution in [2.75, 3.05) is 0 Å². The number of aryl methyl sites for hydroxylation is 2. The molecule has 19 heavy (non-hydrogen) atoms. The minimum atomic E-state index is -0.779. The van der Waals surface area contributed by atoms with Gasteiger partial charge >= 0.3 is 0 Å². The van der Waals surface area contributed by atoms with E-state index < -0.39 is 6.10 Å². The molecule has 5 heteroatoms. The molecule has 0 fully saturated rings. The van der Waals surface area contributed by atoms with Gasteiger partial charge in [-0.2, -0.15) is 5.10 Å². The number of ether oxygens (including phenoxy) is 1. The van der Waals surface area contributed by atoms with Crippen LogP contribution in [0.4, 0.5) is 4.39 Å². The Labute approximate surface area is 111 Å². The van der Waals surface area contributed by atoms with Crippen molar-refractivity contribution in [2.24, 2.45) is 7.05 Å². The van der Waals surface area contributed by atoms with E-state index in [1.165, 1.54) is 18.2 Å². The number of aliphatic hydroxyl groups is 1. The van der Waals surface area contributed by atoms with E-state index in [2.05, 4.69) is 5.10 Å². The maximum Gasteiger partial charge on any atom is 0.130 e. The van der Waals surface area contributed by atoms with E-state index in [-0.39, 0.29) is 5.82 Å². The Hall–Kier alpha value is -1.88. The molecule has 0 aliphatic heterocycles. The molecular formula is C14H17FN2O2. The topological polar surface area (TPSA) is 47.3 Å². The minimum Gasteiger partial charge on any atom is -0.487 e. The highest BCUT2D eigenvalue weighted by atomic mass is 19.1. The van der Waals surface area contributed by atoms with Crippen LogP contribution in [-0.4, -0.2) is 14.9 Å². The summed E-state index contributed by atoms with van der Waals surface area (Å²) >= 11 is 0. The van der Waals surface area contributed by atoms with E-state index in [1.54, 1.807) is 11.6 Å². The van der Waals surface area contributed by atoms with Crippen LogP contribution in [0.5, 0.6) is 5.75 Å². The second kappa shape index (κ2) is 5.40. The zero-order valence-electron chi connectivity index (χ0n) is 11.2. The summed E-state index contributed by atoms with van der Waals surface area (Å²) in [5, 5.41) is 13.8. The first kappa shape index (κ1) is 13.5. The first-order valence-electron chi connectivity index (χ1n) is 6.07. The second-order valence-electron chi connectivity index (χ2n) is 4.55. The summed E-state index contributed by atoms with van der Waals surface area (Å²) in [6, 6.07) is 6.05. The standard InChI is InChI=1S/C14H17FN2O2/c1-9-6-12(17(3)16-9)8-19-14-5-4-11(15)7-13(14)10(2)18/h4-7,10,18H,8H2,1-3H3/t10-/m0/s1. The minimum absolute atomic E-state index is 0.322. The molecule has 1 heterocycles. The van der Waals surface area contributed by atoms with Gasteiger partial charge in [-0.05, 0) is 38.1 Å². The van der Waals surface area contributed by atoms with Crippen LogP contribution >= 0.6 is 0 Å². The summed E-state index contributed by atoms with van der Waals surface area (Å²) in [6.45, 7) is 3.81. The number of aromatic nitrogens is 2. The van der Waals surface area contributed by atoms with Crippen molar-refractivity contribution >= 4 is 0 Å². The lowest BCUT2D eigenvalue weighted by atomic mass is 10.1. The number of nitrogens with zero attached hydrogens (tertiary/aromatic N) is 2. The van der Waals surface area contributed by atoms with Crippen molar-refractivity contribution in [3.8, 4) is 5.75 Å². The molecule has 4 nitrogen and oxygen atoms in total. The first-order valence-corrected chi connectivity index (χ1v) is 6.07. The molecule has 1 aromatic heterocycles. The van der Waals surface area contributed by atoms with Crippen LogP contribution in [0, 0.1) is 12.7 Å². The Morgan fingerprint density at radius 2 is 2.16 bits per heavy atom. The zero-order valence-corrected chi connectivity index (χ0v) is 11.2. The monoisotopic (exact) mass is 264 g/mol. The molecular weight excluding hydrogens is 247 g/mol. The molecule has 2 aromatic rings. The van der Waals surface area contributed by atoms with Crippen molar-refractivity contribution in [3.63, 3.8) is 0 Å². The zero-order chi connectivity index (χ0) is 14.0. The van der Waals surface area contributed by atoms with E-state index in [0.29, 0.717) is 17.9 Å². The fourth-order valence-electron chi connectivity index (χ4n) is 1.93.